The van der Waals surface area contributed by atoms with Crippen LogP contribution in [-0.2, 0) is 16.1 Å². The summed E-state index contributed by atoms with van der Waals surface area (Å²) in [5.74, 6) is -0.256. The lowest BCUT2D eigenvalue weighted by atomic mass is 10.2. The number of methoxy groups -OCH3 is 1. The van der Waals surface area contributed by atoms with Crippen LogP contribution in [0.2, 0.25) is 0 Å². The van der Waals surface area contributed by atoms with Crippen LogP contribution in [0.25, 0.3) is 0 Å². The second kappa shape index (κ2) is 5.34. The van der Waals surface area contributed by atoms with E-state index in [-0.39, 0.29) is 12.0 Å². The first-order valence-electron chi connectivity index (χ1n) is 4.44. The summed E-state index contributed by atoms with van der Waals surface area (Å²) in [6.07, 6.45) is 3.48. The predicted molar refractivity (Wildman–Crippen MR) is 52.6 cm³/mol. The van der Waals surface area contributed by atoms with E-state index in [4.69, 9.17) is 0 Å². The van der Waals surface area contributed by atoms with Crippen LogP contribution >= 0.6 is 0 Å². The van der Waals surface area contributed by atoms with Gasteiger partial charge in [-0.15, -0.1) is 0 Å². The van der Waals surface area contributed by atoms with Crippen LogP contribution in [-0.4, -0.2) is 24.1 Å². The summed E-state index contributed by atoms with van der Waals surface area (Å²) in [5, 5.41) is 3.04. The minimum atomic E-state index is -0.291. The monoisotopic (exact) mass is 194 g/mol. The van der Waals surface area contributed by atoms with Gasteiger partial charge in [-0.1, -0.05) is 6.07 Å². The summed E-state index contributed by atoms with van der Waals surface area (Å²) in [4.78, 5) is 15.0. The lowest BCUT2D eigenvalue weighted by molar-refractivity contribution is -0.142. The lowest BCUT2D eigenvalue weighted by Gasteiger charge is -2.10. The van der Waals surface area contributed by atoms with Gasteiger partial charge in [-0.2, -0.15) is 0 Å². The van der Waals surface area contributed by atoms with E-state index in [1.54, 1.807) is 19.3 Å². The van der Waals surface area contributed by atoms with Crippen LogP contribution < -0.4 is 5.32 Å². The second-order valence-electron chi connectivity index (χ2n) is 2.99. The number of nitrogens with one attached hydrogen (secondary N) is 1. The lowest BCUT2D eigenvalue weighted by Crippen LogP contribution is -2.34. The van der Waals surface area contributed by atoms with Gasteiger partial charge in [-0.05, 0) is 18.6 Å². The van der Waals surface area contributed by atoms with Crippen molar-refractivity contribution in [2.45, 2.75) is 19.5 Å². The number of hydrogen-bond donors (Lipinski definition) is 1. The molecule has 14 heavy (non-hydrogen) atoms. The first kappa shape index (κ1) is 10.7. The molecule has 1 atom stereocenters. The van der Waals surface area contributed by atoms with Crippen molar-refractivity contribution in [2.24, 2.45) is 0 Å². The molecule has 0 saturated carbocycles. The molecule has 0 saturated heterocycles. The summed E-state index contributed by atoms with van der Waals surface area (Å²) in [6.45, 7) is 2.38. The van der Waals surface area contributed by atoms with Gasteiger partial charge in [0.2, 0.25) is 0 Å². The van der Waals surface area contributed by atoms with E-state index in [1.807, 2.05) is 12.1 Å². The smallest absolute Gasteiger partial charge is 0.322 e. The Labute approximate surface area is 83.3 Å². The Balaban J connectivity index is 2.38. The quantitative estimate of drug-likeness (QED) is 0.718. The van der Waals surface area contributed by atoms with Gasteiger partial charge < -0.3 is 10.1 Å². The van der Waals surface area contributed by atoms with Crippen molar-refractivity contribution in [3.8, 4) is 0 Å². The third-order valence-electron chi connectivity index (χ3n) is 1.89. The van der Waals surface area contributed by atoms with Crippen LogP contribution in [0.1, 0.15) is 12.5 Å². The molecular weight excluding hydrogens is 180 g/mol. The van der Waals surface area contributed by atoms with Gasteiger partial charge in [-0.3, -0.25) is 9.78 Å². The minimum absolute atomic E-state index is 0.256. The van der Waals surface area contributed by atoms with E-state index >= 15 is 0 Å². The Hall–Kier alpha value is -1.42. The maximum atomic E-state index is 11.0. The molecule has 0 aliphatic carbocycles. The molecule has 0 amide bonds. The molecule has 0 radical (unpaired) electrons. The molecule has 0 spiro atoms. The van der Waals surface area contributed by atoms with Crippen molar-refractivity contribution < 1.29 is 9.53 Å². The maximum absolute atomic E-state index is 11.0. The van der Waals surface area contributed by atoms with Gasteiger partial charge in [0, 0.05) is 18.9 Å². The highest BCUT2D eigenvalue weighted by Crippen LogP contribution is 1.96. The standard InChI is InChI=1S/C10H14N2O2/c1-8(10(13)14-2)12-7-9-4-3-5-11-6-9/h3-6,8,12H,7H2,1-2H3. The highest BCUT2D eigenvalue weighted by atomic mass is 16.5. The predicted octanol–water partition coefficient (Wildman–Crippen LogP) is 0.733. The third-order valence-corrected chi connectivity index (χ3v) is 1.89. The van der Waals surface area contributed by atoms with Gasteiger partial charge in [0.25, 0.3) is 0 Å². The normalized spacial score (nSPS) is 12.1. The summed E-state index contributed by atoms with van der Waals surface area (Å²) >= 11 is 0. The number of nitrogens with zero attached hydrogens (tertiary/aromatic N) is 1. The number of rotatable bonds is 4. The SMILES string of the molecule is COC(=O)C(C)NCc1cccnc1. The van der Waals surface area contributed by atoms with E-state index in [0.29, 0.717) is 6.54 Å². The number of ether oxygens (including phenoxy) is 1. The molecule has 0 fully saturated rings. The van der Waals surface area contributed by atoms with Gasteiger partial charge in [-0.25, -0.2) is 0 Å². The fourth-order valence-corrected chi connectivity index (χ4v) is 1.03. The molecule has 0 aromatic carbocycles. The Bertz CT molecular complexity index is 287. The average molecular weight is 194 g/mol. The van der Waals surface area contributed by atoms with Crippen molar-refractivity contribution >= 4 is 5.97 Å². The van der Waals surface area contributed by atoms with Crippen LogP contribution in [0.4, 0.5) is 0 Å². The number of carbonyl (C=O) groups excluding carboxylic acids is 1. The first-order chi connectivity index (χ1) is 6.74. The fraction of sp³-hybridized carbons (Fsp3) is 0.400. The zero-order chi connectivity index (χ0) is 10.4. The Morgan fingerprint density at radius 1 is 1.71 bits per heavy atom. The second-order valence-corrected chi connectivity index (χ2v) is 2.99. The van der Waals surface area contributed by atoms with E-state index in [0.717, 1.165) is 5.56 Å². The number of aromatic nitrogens is 1. The molecule has 1 unspecified atom stereocenters. The van der Waals surface area contributed by atoms with Crippen LogP contribution in [0, 0.1) is 0 Å². The van der Waals surface area contributed by atoms with Gasteiger partial charge in [0.15, 0.2) is 0 Å². The topological polar surface area (TPSA) is 51.2 Å². The first-order valence-corrected chi connectivity index (χ1v) is 4.44. The number of esters is 1. The molecule has 4 heteroatoms. The van der Waals surface area contributed by atoms with Crippen molar-refractivity contribution in [3.05, 3.63) is 30.1 Å². The molecule has 1 aromatic heterocycles. The molecule has 0 bridgehead atoms. The van der Waals surface area contributed by atoms with Crippen molar-refractivity contribution in [3.63, 3.8) is 0 Å². The highest BCUT2D eigenvalue weighted by Gasteiger charge is 2.11. The van der Waals surface area contributed by atoms with E-state index in [2.05, 4.69) is 15.0 Å². The molecule has 1 heterocycles. The Morgan fingerprint density at radius 3 is 3.07 bits per heavy atom. The molecule has 1 aromatic rings. The molecule has 1 N–H and O–H groups in total. The van der Waals surface area contributed by atoms with Crippen molar-refractivity contribution in [1.82, 2.24) is 10.3 Å². The Kier molecular flexibility index (Phi) is 4.07. The highest BCUT2D eigenvalue weighted by molar-refractivity contribution is 5.75. The van der Waals surface area contributed by atoms with Gasteiger partial charge in [0.05, 0.1) is 7.11 Å². The van der Waals surface area contributed by atoms with Crippen LogP contribution in [0.15, 0.2) is 24.5 Å². The molecule has 4 nitrogen and oxygen atoms in total. The molecule has 0 aliphatic heterocycles. The summed E-state index contributed by atoms with van der Waals surface area (Å²) in [5.41, 5.74) is 1.04. The largest absolute Gasteiger partial charge is 0.468 e. The molecule has 0 aliphatic rings. The Morgan fingerprint density at radius 2 is 2.50 bits per heavy atom. The summed E-state index contributed by atoms with van der Waals surface area (Å²) in [6, 6.07) is 3.52. The summed E-state index contributed by atoms with van der Waals surface area (Å²) < 4.78 is 4.58. The van der Waals surface area contributed by atoms with Crippen molar-refractivity contribution in [1.29, 1.82) is 0 Å². The summed E-state index contributed by atoms with van der Waals surface area (Å²) in [7, 11) is 1.38. The van der Waals surface area contributed by atoms with Gasteiger partial charge >= 0.3 is 5.97 Å². The zero-order valence-corrected chi connectivity index (χ0v) is 8.36. The van der Waals surface area contributed by atoms with Crippen LogP contribution in [0.5, 0.6) is 0 Å². The van der Waals surface area contributed by atoms with E-state index < -0.39 is 0 Å². The molecular formula is C10H14N2O2. The minimum Gasteiger partial charge on any atom is -0.468 e. The third kappa shape index (κ3) is 3.14. The number of hydrogen-bond acceptors (Lipinski definition) is 4. The van der Waals surface area contributed by atoms with Crippen LogP contribution in [0.3, 0.4) is 0 Å². The zero-order valence-electron chi connectivity index (χ0n) is 8.36. The maximum Gasteiger partial charge on any atom is 0.322 e. The van der Waals surface area contributed by atoms with E-state index in [9.17, 15) is 4.79 Å². The number of carbonyl (C=O) groups is 1. The molecule has 76 valence electrons. The fourth-order valence-electron chi connectivity index (χ4n) is 1.03. The van der Waals surface area contributed by atoms with E-state index in [1.165, 1.54) is 7.11 Å². The van der Waals surface area contributed by atoms with Crippen molar-refractivity contribution in [2.75, 3.05) is 7.11 Å². The number of pyridine rings is 1. The van der Waals surface area contributed by atoms with Gasteiger partial charge in [0.1, 0.15) is 6.04 Å². The molecule has 1 rings (SSSR count). The average Bonchev–Trinajstić information content (AvgIpc) is 2.26.